The fourth-order valence-corrected chi connectivity index (χ4v) is 5.39. The number of methoxy groups -OCH3 is 2. The molecule has 1 N–H and O–H groups in total. The van der Waals surface area contributed by atoms with Crippen LogP contribution in [0.2, 0.25) is 0 Å². The minimum Gasteiger partial charge on any atom is -0.493 e. The van der Waals surface area contributed by atoms with E-state index < -0.39 is 11.6 Å². The highest BCUT2D eigenvalue weighted by atomic mass is 79.9. The average molecular weight is 535 g/mol. The number of benzene rings is 2. The van der Waals surface area contributed by atoms with Crippen LogP contribution in [-0.2, 0) is 16.0 Å². The van der Waals surface area contributed by atoms with E-state index in [1.54, 1.807) is 21.1 Å². The molecule has 2 bridgehead atoms. The van der Waals surface area contributed by atoms with Gasteiger partial charge in [0.25, 0.3) is 0 Å². The molecule has 2 aromatic carbocycles. The number of nitrogens with zero attached hydrogens (tertiary/aromatic N) is 1. The van der Waals surface area contributed by atoms with E-state index >= 15 is 0 Å². The molecule has 0 amide bonds. The van der Waals surface area contributed by atoms with Crippen LogP contribution in [0, 0.1) is 5.92 Å². The highest BCUT2D eigenvalue weighted by molar-refractivity contribution is 9.10. The van der Waals surface area contributed by atoms with Gasteiger partial charge in [0.1, 0.15) is 11.7 Å². The molecule has 0 aliphatic carbocycles. The molecule has 1 fully saturated rings. The number of hydrogen-bond donors (Lipinski definition) is 1. The second-order valence-electron chi connectivity index (χ2n) is 8.09. The van der Waals surface area contributed by atoms with Gasteiger partial charge in [0, 0.05) is 16.6 Å². The lowest BCUT2D eigenvalue weighted by Crippen LogP contribution is -2.71. The summed E-state index contributed by atoms with van der Waals surface area (Å²) < 4.78 is 23.6. The Kier molecular flexibility index (Phi) is 6.72. The average Bonchev–Trinajstić information content (AvgIpc) is 2.79. The smallest absolute Gasteiger partial charge is 0.317 e. The highest BCUT2D eigenvalue weighted by Crippen LogP contribution is 2.49. The summed E-state index contributed by atoms with van der Waals surface area (Å²) in [6.45, 7) is 4.54. The maximum Gasteiger partial charge on any atom is 0.317 e. The third-order valence-corrected chi connectivity index (χ3v) is 7.04. The Morgan fingerprint density at radius 1 is 1.21 bits per heavy atom. The third kappa shape index (κ3) is 4.24. The molecule has 2 aliphatic heterocycles. The number of ether oxygens (including phenoxy) is 4. The molecular weight excluding hydrogens is 508 g/mol. The first kappa shape index (κ1) is 23.6. The van der Waals surface area contributed by atoms with Crippen LogP contribution in [-0.4, -0.2) is 49.1 Å². The van der Waals surface area contributed by atoms with Crippen LogP contribution in [0.5, 0.6) is 17.2 Å². The van der Waals surface area contributed by atoms with E-state index in [0.717, 1.165) is 21.3 Å². The number of fused-ring (bicyclic) bond motifs is 4. The summed E-state index contributed by atoms with van der Waals surface area (Å²) in [5.41, 5.74) is 0.923. The van der Waals surface area contributed by atoms with E-state index in [2.05, 4.69) is 21.2 Å². The highest BCUT2D eigenvalue weighted by Gasteiger charge is 2.59. The van der Waals surface area contributed by atoms with Gasteiger partial charge >= 0.3 is 5.97 Å². The Bertz CT molecular complexity index is 1080. The molecule has 4 rings (SSSR count). The van der Waals surface area contributed by atoms with Crippen molar-refractivity contribution in [1.82, 2.24) is 10.2 Å². The second kappa shape index (κ2) is 9.38. The van der Waals surface area contributed by atoms with E-state index in [9.17, 15) is 4.79 Å². The first-order chi connectivity index (χ1) is 15.8. The predicted molar refractivity (Wildman–Crippen MR) is 132 cm³/mol. The molecule has 0 saturated carbocycles. The molecule has 0 spiro atoms. The summed E-state index contributed by atoms with van der Waals surface area (Å²) in [5.74, 6) is 1.14. The number of carbonyl (C=O) groups is 1. The predicted octanol–water partition coefficient (Wildman–Crippen LogP) is 4.23. The van der Waals surface area contributed by atoms with Gasteiger partial charge in [-0.1, -0.05) is 22.0 Å². The Morgan fingerprint density at radius 3 is 2.67 bits per heavy atom. The summed E-state index contributed by atoms with van der Waals surface area (Å²) >= 11 is 9.27. The Labute approximate surface area is 207 Å². The number of nitrogens with one attached hydrogen (secondary N) is 1. The van der Waals surface area contributed by atoms with Gasteiger partial charge in [0.2, 0.25) is 0 Å². The molecule has 2 heterocycles. The van der Waals surface area contributed by atoms with E-state index in [1.807, 2.05) is 48.2 Å². The minimum absolute atomic E-state index is 0.291. The van der Waals surface area contributed by atoms with Crippen LogP contribution >= 0.6 is 28.1 Å². The fraction of sp³-hybridized carbons (Fsp3) is 0.417. The number of thiocarbonyl (C=S) groups is 1. The number of halogens is 1. The summed E-state index contributed by atoms with van der Waals surface area (Å²) in [4.78, 5) is 15.1. The maximum atomic E-state index is 13.1. The van der Waals surface area contributed by atoms with Crippen molar-refractivity contribution in [1.29, 1.82) is 0 Å². The summed E-state index contributed by atoms with van der Waals surface area (Å²) in [7, 11) is 3.22. The topological polar surface area (TPSA) is 69.3 Å². The van der Waals surface area contributed by atoms with Gasteiger partial charge in [0.15, 0.2) is 22.3 Å². The third-order valence-electron chi connectivity index (χ3n) is 6.21. The first-order valence-corrected chi connectivity index (χ1v) is 12.0. The molecule has 0 radical (unpaired) electrons. The lowest BCUT2D eigenvalue weighted by atomic mass is 9.79. The summed E-state index contributed by atoms with van der Waals surface area (Å²) in [6.07, 6.45) is 0.661. The monoisotopic (exact) mass is 534 g/mol. The number of esters is 1. The maximum absolute atomic E-state index is 13.1. The quantitative estimate of drug-likeness (QED) is 0.418. The SMILES string of the molecule is CCOC(=O)[C@@H]1[C@H]2NC(=S)N(CCc3ccc(OC)c(OC)c3)[C@@]1(C)Oc1ccc(Br)cc12. The molecule has 2 aliphatic rings. The van der Waals surface area contributed by atoms with E-state index in [0.29, 0.717) is 36.2 Å². The number of carbonyl (C=O) groups excluding carboxylic acids is 1. The second-order valence-corrected chi connectivity index (χ2v) is 9.39. The van der Waals surface area contributed by atoms with Crippen molar-refractivity contribution in [2.24, 2.45) is 5.92 Å². The lowest BCUT2D eigenvalue weighted by Gasteiger charge is -2.55. The van der Waals surface area contributed by atoms with E-state index in [1.165, 1.54) is 0 Å². The fourth-order valence-electron chi connectivity index (χ4n) is 4.61. The van der Waals surface area contributed by atoms with Crippen molar-refractivity contribution in [3.63, 3.8) is 0 Å². The van der Waals surface area contributed by atoms with Crippen molar-refractivity contribution in [3.8, 4) is 17.2 Å². The zero-order valence-electron chi connectivity index (χ0n) is 19.0. The van der Waals surface area contributed by atoms with Crippen LogP contribution in [0.1, 0.15) is 31.0 Å². The van der Waals surface area contributed by atoms with Crippen molar-refractivity contribution in [3.05, 3.63) is 52.0 Å². The molecule has 7 nitrogen and oxygen atoms in total. The van der Waals surface area contributed by atoms with Gasteiger partial charge in [-0.05, 0) is 68.4 Å². The Hall–Kier alpha value is -2.52. The van der Waals surface area contributed by atoms with Crippen molar-refractivity contribution in [2.75, 3.05) is 27.4 Å². The lowest BCUT2D eigenvalue weighted by molar-refractivity contribution is -0.175. The van der Waals surface area contributed by atoms with Crippen LogP contribution in [0.25, 0.3) is 0 Å². The normalized spacial score (nSPS) is 23.2. The molecule has 33 heavy (non-hydrogen) atoms. The molecule has 3 atom stereocenters. The van der Waals surface area contributed by atoms with Crippen molar-refractivity contribution >= 4 is 39.2 Å². The Balaban J connectivity index is 1.67. The largest absolute Gasteiger partial charge is 0.493 e. The first-order valence-electron chi connectivity index (χ1n) is 10.8. The Morgan fingerprint density at radius 2 is 1.97 bits per heavy atom. The van der Waals surface area contributed by atoms with Crippen LogP contribution < -0.4 is 19.5 Å². The van der Waals surface area contributed by atoms with Gasteiger partial charge in [-0.15, -0.1) is 0 Å². The van der Waals surface area contributed by atoms with Crippen LogP contribution in [0.15, 0.2) is 40.9 Å². The zero-order chi connectivity index (χ0) is 23.8. The molecule has 0 unspecified atom stereocenters. The molecule has 0 aromatic heterocycles. The minimum atomic E-state index is -1.00. The zero-order valence-corrected chi connectivity index (χ0v) is 21.4. The van der Waals surface area contributed by atoms with Gasteiger partial charge in [-0.3, -0.25) is 4.79 Å². The van der Waals surface area contributed by atoms with Crippen LogP contribution in [0.4, 0.5) is 0 Å². The number of rotatable bonds is 7. The molecule has 2 aromatic rings. The number of hydrogen-bond acceptors (Lipinski definition) is 6. The summed E-state index contributed by atoms with van der Waals surface area (Å²) in [5, 5.41) is 3.92. The molecule has 176 valence electrons. The van der Waals surface area contributed by atoms with Crippen molar-refractivity contribution < 1.29 is 23.7 Å². The van der Waals surface area contributed by atoms with E-state index in [4.69, 9.17) is 31.2 Å². The van der Waals surface area contributed by atoms with Gasteiger partial charge < -0.3 is 29.2 Å². The van der Waals surface area contributed by atoms with E-state index in [-0.39, 0.29) is 12.0 Å². The molecular formula is C24H27BrN2O5S. The van der Waals surface area contributed by atoms with Gasteiger partial charge in [-0.25, -0.2) is 0 Å². The standard InChI is InChI=1S/C24H27BrN2O5S/c1-5-31-22(28)20-21-16-13-15(25)7-9-17(16)32-24(20,2)27(23(33)26-21)11-10-14-6-8-18(29-3)19(12-14)30-4/h6-9,12-13,20-21H,5,10-11H2,1-4H3,(H,26,33)/t20-,21-,24-/m0/s1. The molecule has 9 heteroatoms. The van der Waals surface area contributed by atoms with Gasteiger partial charge in [-0.2, -0.15) is 0 Å². The molecule has 1 saturated heterocycles. The van der Waals surface area contributed by atoms with Crippen LogP contribution in [0.3, 0.4) is 0 Å². The summed E-state index contributed by atoms with van der Waals surface area (Å²) in [6, 6.07) is 11.3. The van der Waals surface area contributed by atoms with Gasteiger partial charge in [0.05, 0.1) is 26.9 Å². The van der Waals surface area contributed by atoms with Crippen molar-refractivity contribution in [2.45, 2.75) is 32.0 Å².